The summed E-state index contributed by atoms with van der Waals surface area (Å²) >= 11 is 1.58. The molecule has 5 rings (SSSR count). The fourth-order valence-electron chi connectivity index (χ4n) is 5.45. The zero-order valence-corrected chi connectivity index (χ0v) is 21.5. The number of hydrogen-bond acceptors (Lipinski definition) is 4. The lowest BCUT2D eigenvalue weighted by Crippen LogP contribution is -2.48. The number of piperidine rings is 1. The van der Waals surface area contributed by atoms with Crippen molar-refractivity contribution < 1.29 is 19.8 Å². The van der Waals surface area contributed by atoms with E-state index in [2.05, 4.69) is 24.3 Å². The molecule has 1 aliphatic carbocycles. The van der Waals surface area contributed by atoms with Crippen LogP contribution in [0.5, 0.6) is 0 Å². The highest BCUT2D eigenvalue weighted by Crippen LogP contribution is 2.45. The third-order valence-corrected chi connectivity index (χ3v) is 8.60. The number of rotatable bonds is 8. The molecule has 0 spiro atoms. The van der Waals surface area contributed by atoms with Gasteiger partial charge in [-0.15, -0.1) is 11.8 Å². The van der Waals surface area contributed by atoms with E-state index in [0.717, 1.165) is 27.1 Å². The van der Waals surface area contributed by atoms with E-state index in [1.54, 1.807) is 16.7 Å². The van der Waals surface area contributed by atoms with Gasteiger partial charge in [0.2, 0.25) is 5.91 Å². The molecule has 1 heterocycles. The molecule has 1 aliphatic heterocycles. The normalized spacial score (nSPS) is 16.2. The predicted octanol–water partition coefficient (Wildman–Crippen LogP) is 5.31. The Morgan fingerprint density at radius 3 is 2.05 bits per heavy atom. The van der Waals surface area contributed by atoms with Crippen molar-refractivity contribution in [1.29, 1.82) is 0 Å². The van der Waals surface area contributed by atoms with Crippen molar-refractivity contribution in [2.75, 3.05) is 25.4 Å². The summed E-state index contributed by atoms with van der Waals surface area (Å²) in [6, 6.07) is 25.8. The first-order valence-corrected chi connectivity index (χ1v) is 13.8. The topological polar surface area (TPSA) is 81.1 Å². The number of benzene rings is 3. The lowest BCUT2D eigenvalue weighted by molar-refractivity contribution is -0.134. The minimum absolute atomic E-state index is 0.0518. The molecule has 6 nitrogen and oxygen atoms in total. The van der Waals surface area contributed by atoms with Crippen molar-refractivity contribution in [3.05, 3.63) is 90.0 Å². The molecule has 2 amide bonds. The van der Waals surface area contributed by atoms with Gasteiger partial charge in [-0.25, -0.2) is 4.79 Å². The van der Waals surface area contributed by atoms with Crippen LogP contribution in [0.4, 0.5) is 4.79 Å². The quantitative estimate of drug-likeness (QED) is 0.397. The largest absolute Gasteiger partial charge is 0.465 e. The molecule has 0 unspecified atom stereocenters. The van der Waals surface area contributed by atoms with E-state index in [0.29, 0.717) is 31.7 Å². The Bertz CT molecular complexity index is 1200. The molecular weight excluding hydrogens is 484 g/mol. The van der Waals surface area contributed by atoms with Gasteiger partial charge in [0, 0.05) is 42.6 Å². The number of carbonyl (C=O) groups excluding carboxylic acids is 1. The second-order valence-corrected chi connectivity index (χ2v) is 10.8. The van der Waals surface area contributed by atoms with Gasteiger partial charge in [0.25, 0.3) is 0 Å². The fourth-order valence-corrected chi connectivity index (χ4v) is 6.48. The van der Waals surface area contributed by atoms with Gasteiger partial charge in [-0.1, -0.05) is 66.7 Å². The van der Waals surface area contributed by atoms with Crippen LogP contribution in [0.25, 0.3) is 11.1 Å². The third-order valence-electron chi connectivity index (χ3n) is 7.44. The van der Waals surface area contributed by atoms with Crippen molar-refractivity contribution in [2.24, 2.45) is 0 Å². The maximum Gasteiger partial charge on any atom is 0.407 e. The SMILES string of the molecule is O=C(C[C@H](CSc1ccccc1)N(CC1c2ccccc2-c2ccccc21)C(=O)O)N1CCC(O)CC1. The first kappa shape index (κ1) is 25.4. The molecule has 2 N–H and O–H groups in total. The van der Waals surface area contributed by atoms with Crippen LogP contribution in [0.2, 0.25) is 0 Å². The number of fused-ring (bicyclic) bond motifs is 3. The Labute approximate surface area is 221 Å². The van der Waals surface area contributed by atoms with Crippen LogP contribution in [0, 0.1) is 0 Å². The number of nitrogens with zero attached hydrogens (tertiary/aromatic N) is 2. The van der Waals surface area contributed by atoms with Crippen molar-refractivity contribution in [3.63, 3.8) is 0 Å². The zero-order chi connectivity index (χ0) is 25.8. The monoisotopic (exact) mass is 516 g/mol. The summed E-state index contributed by atoms with van der Waals surface area (Å²) < 4.78 is 0. The van der Waals surface area contributed by atoms with E-state index in [1.165, 1.54) is 4.90 Å². The highest BCUT2D eigenvalue weighted by molar-refractivity contribution is 7.99. The number of amides is 2. The summed E-state index contributed by atoms with van der Waals surface area (Å²) in [4.78, 5) is 30.3. The van der Waals surface area contributed by atoms with E-state index in [1.807, 2.05) is 54.6 Å². The van der Waals surface area contributed by atoms with Crippen molar-refractivity contribution >= 4 is 23.8 Å². The molecule has 0 saturated carbocycles. The Kier molecular flexibility index (Phi) is 7.82. The van der Waals surface area contributed by atoms with E-state index in [4.69, 9.17) is 0 Å². The average Bonchev–Trinajstić information content (AvgIpc) is 3.24. The summed E-state index contributed by atoms with van der Waals surface area (Å²) in [7, 11) is 0. The molecule has 0 bridgehead atoms. The second-order valence-electron chi connectivity index (χ2n) is 9.76. The van der Waals surface area contributed by atoms with Crippen molar-refractivity contribution in [3.8, 4) is 11.1 Å². The van der Waals surface area contributed by atoms with Crippen LogP contribution in [0.3, 0.4) is 0 Å². The Balaban J connectivity index is 1.41. The van der Waals surface area contributed by atoms with Gasteiger partial charge in [-0.2, -0.15) is 0 Å². The van der Waals surface area contributed by atoms with E-state index in [9.17, 15) is 19.8 Å². The highest BCUT2D eigenvalue weighted by atomic mass is 32.2. The van der Waals surface area contributed by atoms with E-state index >= 15 is 0 Å². The van der Waals surface area contributed by atoms with Gasteiger partial charge < -0.3 is 20.0 Å². The van der Waals surface area contributed by atoms with Gasteiger partial charge in [0.05, 0.1) is 12.1 Å². The Morgan fingerprint density at radius 1 is 0.892 bits per heavy atom. The van der Waals surface area contributed by atoms with Crippen LogP contribution in [-0.4, -0.2) is 69.5 Å². The van der Waals surface area contributed by atoms with Crippen LogP contribution in [0.1, 0.15) is 36.3 Å². The number of likely N-dealkylation sites (tertiary alicyclic amines) is 1. The molecular formula is C30H32N2O4S. The minimum atomic E-state index is -1.01. The third kappa shape index (κ3) is 5.68. The predicted molar refractivity (Wildman–Crippen MR) is 146 cm³/mol. The lowest BCUT2D eigenvalue weighted by Gasteiger charge is -2.35. The van der Waals surface area contributed by atoms with Crippen LogP contribution < -0.4 is 0 Å². The molecule has 192 valence electrons. The molecule has 1 fully saturated rings. The summed E-state index contributed by atoms with van der Waals surface area (Å²) in [5, 5.41) is 20.3. The summed E-state index contributed by atoms with van der Waals surface area (Å²) in [5.41, 5.74) is 4.54. The van der Waals surface area contributed by atoms with Crippen molar-refractivity contribution in [1.82, 2.24) is 9.80 Å². The molecule has 0 aromatic heterocycles. The number of aliphatic hydroxyl groups excluding tert-OH is 1. The maximum atomic E-state index is 13.3. The number of hydrogen-bond donors (Lipinski definition) is 2. The first-order valence-electron chi connectivity index (χ1n) is 12.8. The molecule has 1 atom stereocenters. The smallest absolute Gasteiger partial charge is 0.407 e. The van der Waals surface area contributed by atoms with E-state index in [-0.39, 0.29) is 30.9 Å². The molecule has 3 aromatic rings. The highest BCUT2D eigenvalue weighted by Gasteiger charge is 2.35. The fraction of sp³-hybridized carbons (Fsp3) is 0.333. The summed E-state index contributed by atoms with van der Waals surface area (Å²) in [6.07, 6.45) is -0.131. The van der Waals surface area contributed by atoms with Gasteiger partial charge in [0.1, 0.15) is 0 Å². The van der Waals surface area contributed by atoms with Crippen molar-refractivity contribution in [2.45, 2.75) is 42.2 Å². The van der Waals surface area contributed by atoms with Gasteiger partial charge in [-0.05, 0) is 47.2 Å². The molecule has 0 radical (unpaired) electrons. The number of thioether (sulfide) groups is 1. The molecule has 1 saturated heterocycles. The Hall–Kier alpha value is -3.29. The zero-order valence-electron chi connectivity index (χ0n) is 20.7. The summed E-state index contributed by atoms with van der Waals surface area (Å²) in [5.74, 6) is 0.339. The molecule has 2 aliphatic rings. The van der Waals surface area contributed by atoms with Crippen LogP contribution in [-0.2, 0) is 4.79 Å². The van der Waals surface area contributed by atoms with Gasteiger partial charge >= 0.3 is 6.09 Å². The van der Waals surface area contributed by atoms with Crippen LogP contribution >= 0.6 is 11.8 Å². The molecule has 7 heteroatoms. The number of aliphatic hydroxyl groups is 1. The van der Waals surface area contributed by atoms with Gasteiger partial charge in [0.15, 0.2) is 0 Å². The molecule has 37 heavy (non-hydrogen) atoms. The second kappa shape index (κ2) is 11.4. The van der Waals surface area contributed by atoms with Gasteiger partial charge in [-0.3, -0.25) is 4.79 Å². The minimum Gasteiger partial charge on any atom is -0.465 e. The summed E-state index contributed by atoms with van der Waals surface area (Å²) in [6.45, 7) is 1.30. The van der Waals surface area contributed by atoms with Crippen LogP contribution in [0.15, 0.2) is 83.8 Å². The number of carboxylic acid groups (broad SMARTS) is 1. The first-order chi connectivity index (χ1) is 18.0. The average molecular weight is 517 g/mol. The Morgan fingerprint density at radius 2 is 1.46 bits per heavy atom. The lowest BCUT2D eigenvalue weighted by atomic mass is 9.95. The standard InChI is InChI=1S/C30H32N2O4S/c33-22-14-16-31(17-15-22)29(34)18-21(20-37-23-8-2-1-3-9-23)32(30(35)36)19-28-26-12-6-4-10-24(26)25-11-5-7-13-27(25)28/h1-13,21-22,28,33H,14-20H2,(H,35,36)/t21-/m1/s1. The number of carbonyl (C=O) groups is 2. The maximum absolute atomic E-state index is 13.3. The molecule has 3 aromatic carbocycles. The van der Waals surface area contributed by atoms with E-state index < -0.39 is 12.1 Å².